The van der Waals surface area contributed by atoms with Gasteiger partial charge in [0.2, 0.25) is 5.91 Å². The fraction of sp³-hybridized carbons (Fsp3) is 0.750. The second-order valence-electron chi connectivity index (χ2n) is 4.23. The maximum atomic E-state index is 11.6. The molecule has 1 amide bonds. The van der Waals surface area contributed by atoms with Gasteiger partial charge in [-0.15, -0.1) is 0 Å². The number of esters is 1. The summed E-state index contributed by atoms with van der Waals surface area (Å²) in [5, 5.41) is 11.6. The van der Waals surface area contributed by atoms with Crippen molar-refractivity contribution in [3.63, 3.8) is 0 Å². The number of amides is 1. The number of ether oxygens (including phenoxy) is 1. The molecule has 1 rings (SSSR count). The van der Waals surface area contributed by atoms with E-state index in [1.807, 2.05) is 13.0 Å². The number of carbonyl (C=O) groups excluding carboxylic acids is 2. The molecule has 5 heteroatoms. The van der Waals surface area contributed by atoms with Crippen molar-refractivity contribution < 1.29 is 14.3 Å². The van der Waals surface area contributed by atoms with Crippen LogP contribution in [-0.4, -0.2) is 24.5 Å². The first-order valence-corrected chi connectivity index (χ1v) is 5.90. The first-order valence-electron chi connectivity index (χ1n) is 5.90. The molecule has 17 heavy (non-hydrogen) atoms. The zero-order chi connectivity index (χ0) is 13.0. The molecule has 0 aliphatic heterocycles. The lowest BCUT2D eigenvalue weighted by atomic mass is 10.1. The van der Waals surface area contributed by atoms with Crippen LogP contribution in [0.2, 0.25) is 0 Å². The Morgan fingerprint density at radius 1 is 1.47 bits per heavy atom. The maximum Gasteiger partial charge on any atom is 0.309 e. The Morgan fingerprint density at radius 3 is 2.53 bits per heavy atom. The van der Waals surface area contributed by atoms with E-state index in [4.69, 9.17) is 10.00 Å². The Bertz CT molecular complexity index is 348. The normalized spacial score (nSPS) is 27.8. The minimum Gasteiger partial charge on any atom is -0.466 e. The van der Waals surface area contributed by atoms with Gasteiger partial charge in [0.15, 0.2) is 0 Å². The lowest BCUT2D eigenvalue weighted by molar-refractivity contribution is -0.145. The van der Waals surface area contributed by atoms with Gasteiger partial charge in [-0.2, -0.15) is 5.26 Å². The molecule has 0 saturated heterocycles. The van der Waals surface area contributed by atoms with Crippen LogP contribution in [0.3, 0.4) is 0 Å². The monoisotopic (exact) mass is 238 g/mol. The van der Waals surface area contributed by atoms with E-state index in [2.05, 4.69) is 5.32 Å². The number of nitriles is 1. The summed E-state index contributed by atoms with van der Waals surface area (Å²) < 4.78 is 4.97. The van der Waals surface area contributed by atoms with Gasteiger partial charge in [-0.3, -0.25) is 9.59 Å². The molecule has 0 radical (unpaired) electrons. The van der Waals surface area contributed by atoms with Crippen LogP contribution in [-0.2, 0) is 14.3 Å². The second-order valence-corrected chi connectivity index (χ2v) is 4.23. The third-order valence-electron chi connectivity index (χ3n) is 3.14. The van der Waals surface area contributed by atoms with E-state index in [1.165, 1.54) is 6.92 Å². The first-order chi connectivity index (χ1) is 8.06. The van der Waals surface area contributed by atoms with Gasteiger partial charge in [-0.25, -0.2) is 0 Å². The van der Waals surface area contributed by atoms with Crippen molar-refractivity contribution in [2.24, 2.45) is 17.8 Å². The van der Waals surface area contributed by atoms with E-state index in [1.54, 1.807) is 6.92 Å². The van der Waals surface area contributed by atoms with Crippen LogP contribution >= 0.6 is 0 Å². The predicted octanol–water partition coefficient (Wildman–Crippen LogP) is 0.850. The molecule has 0 aromatic rings. The Kier molecular flexibility index (Phi) is 4.50. The third-order valence-corrected chi connectivity index (χ3v) is 3.14. The molecule has 0 heterocycles. The molecule has 1 N–H and O–H groups in total. The highest BCUT2D eigenvalue weighted by atomic mass is 16.5. The van der Waals surface area contributed by atoms with E-state index < -0.39 is 6.04 Å². The molecule has 1 saturated carbocycles. The molecule has 1 aliphatic carbocycles. The van der Waals surface area contributed by atoms with Gasteiger partial charge in [-0.1, -0.05) is 13.3 Å². The van der Waals surface area contributed by atoms with Gasteiger partial charge in [0, 0.05) is 12.8 Å². The summed E-state index contributed by atoms with van der Waals surface area (Å²) in [6, 6.07) is 1.46. The standard InChI is InChI=1S/C12H18N2O3/c1-4-8-10(9(6-13)14-7(3)15)11(8)12(16)17-5-2/h8-11H,4-5H2,1-3H3,(H,14,15). The summed E-state index contributed by atoms with van der Waals surface area (Å²) in [6.07, 6.45) is 0.811. The lowest BCUT2D eigenvalue weighted by Gasteiger charge is -2.09. The van der Waals surface area contributed by atoms with Gasteiger partial charge in [-0.05, 0) is 12.8 Å². The van der Waals surface area contributed by atoms with Gasteiger partial charge in [0.1, 0.15) is 6.04 Å². The number of hydrogen-bond acceptors (Lipinski definition) is 4. The predicted molar refractivity (Wildman–Crippen MR) is 60.6 cm³/mol. The highest BCUT2D eigenvalue weighted by Gasteiger charge is 2.58. The van der Waals surface area contributed by atoms with Gasteiger partial charge in [0.25, 0.3) is 0 Å². The zero-order valence-corrected chi connectivity index (χ0v) is 10.4. The quantitative estimate of drug-likeness (QED) is 0.720. The van der Waals surface area contributed by atoms with Crippen LogP contribution in [0, 0.1) is 29.1 Å². The van der Waals surface area contributed by atoms with Crippen LogP contribution < -0.4 is 5.32 Å². The SMILES string of the molecule is CCOC(=O)C1C(CC)C1C(C#N)NC(C)=O. The summed E-state index contributed by atoms with van der Waals surface area (Å²) in [7, 11) is 0. The van der Waals surface area contributed by atoms with Crippen molar-refractivity contribution >= 4 is 11.9 Å². The highest BCUT2D eigenvalue weighted by Crippen LogP contribution is 2.51. The third kappa shape index (κ3) is 2.96. The van der Waals surface area contributed by atoms with Crippen LogP contribution in [0.4, 0.5) is 0 Å². The summed E-state index contributed by atoms with van der Waals surface area (Å²) >= 11 is 0. The summed E-state index contributed by atoms with van der Waals surface area (Å²) in [4.78, 5) is 22.6. The van der Waals surface area contributed by atoms with Crippen molar-refractivity contribution in [3.05, 3.63) is 0 Å². The minimum atomic E-state index is -0.591. The Morgan fingerprint density at radius 2 is 2.12 bits per heavy atom. The zero-order valence-electron chi connectivity index (χ0n) is 10.4. The molecule has 0 aromatic carbocycles. The van der Waals surface area contributed by atoms with Gasteiger partial charge in [0.05, 0.1) is 18.6 Å². The molecule has 0 bridgehead atoms. The molecule has 1 aliphatic rings. The number of nitrogens with one attached hydrogen (secondary N) is 1. The van der Waals surface area contributed by atoms with Gasteiger partial charge < -0.3 is 10.1 Å². The summed E-state index contributed by atoms with van der Waals surface area (Å²) in [5.74, 6) is -0.703. The average molecular weight is 238 g/mol. The van der Waals surface area contributed by atoms with Crippen LogP contribution in [0.1, 0.15) is 27.2 Å². The van der Waals surface area contributed by atoms with Crippen molar-refractivity contribution in [1.29, 1.82) is 5.26 Å². The van der Waals surface area contributed by atoms with Crippen molar-refractivity contribution in [1.82, 2.24) is 5.32 Å². The van der Waals surface area contributed by atoms with Crippen molar-refractivity contribution in [2.75, 3.05) is 6.61 Å². The Balaban J connectivity index is 2.67. The largest absolute Gasteiger partial charge is 0.466 e. The number of hydrogen-bond donors (Lipinski definition) is 1. The minimum absolute atomic E-state index is 0.104. The fourth-order valence-corrected chi connectivity index (χ4v) is 2.39. The van der Waals surface area contributed by atoms with Crippen LogP contribution in [0.15, 0.2) is 0 Å². The lowest BCUT2D eigenvalue weighted by Crippen LogP contribution is -2.35. The number of carbonyl (C=O) groups is 2. The van der Waals surface area contributed by atoms with E-state index in [-0.39, 0.29) is 29.6 Å². The van der Waals surface area contributed by atoms with E-state index in [0.29, 0.717) is 6.61 Å². The molecule has 0 spiro atoms. The summed E-state index contributed by atoms with van der Waals surface area (Å²) in [5.41, 5.74) is 0. The molecule has 4 atom stereocenters. The molecule has 5 nitrogen and oxygen atoms in total. The van der Waals surface area contributed by atoms with Crippen molar-refractivity contribution in [2.45, 2.75) is 33.2 Å². The Labute approximate surface area is 101 Å². The topological polar surface area (TPSA) is 79.2 Å². The maximum absolute atomic E-state index is 11.6. The first kappa shape index (κ1) is 13.5. The van der Waals surface area contributed by atoms with E-state index >= 15 is 0 Å². The number of nitrogens with zero attached hydrogens (tertiary/aromatic N) is 1. The molecule has 0 aromatic heterocycles. The molecular weight excluding hydrogens is 220 g/mol. The highest BCUT2D eigenvalue weighted by molar-refractivity contribution is 5.78. The summed E-state index contributed by atoms with van der Waals surface area (Å²) in [6.45, 7) is 5.44. The number of rotatable bonds is 5. The Hall–Kier alpha value is -1.57. The molecular formula is C12H18N2O3. The molecule has 4 unspecified atom stereocenters. The van der Waals surface area contributed by atoms with Crippen molar-refractivity contribution in [3.8, 4) is 6.07 Å². The molecule has 94 valence electrons. The van der Waals surface area contributed by atoms with E-state index in [9.17, 15) is 9.59 Å². The van der Waals surface area contributed by atoms with Crippen LogP contribution in [0.25, 0.3) is 0 Å². The second kappa shape index (κ2) is 5.67. The van der Waals surface area contributed by atoms with Gasteiger partial charge >= 0.3 is 5.97 Å². The average Bonchev–Trinajstić information content (AvgIpc) is 3.00. The fourth-order valence-electron chi connectivity index (χ4n) is 2.39. The van der Waals surface area contributed by atoms with E-state index in [0.717, 1.165) is 6.42 Å². The molecule has 1 fully saturated rings. The smallest absolute Gasteiger partial charge is 0.309 e. The van der Waals surface area contributed by atoms with Crippen LogP contribution in [0.5, 0.6) is 0 Å².